The first-order valence-corrected chi connectivity index (χ1v) is 18.2. The molecule has 0 aromatic heterocycles. The van der Waals surface area contributed by atoms with E-state index >= 15 is 0 Å². The topological polar surface area (TPSA) is 17.1 Å². The Labute approximate surface area is 156 Å². The standard InChI is InChI=1S/C10H17O.3C4H9.Sn/c1-4-5-6-7-8-10(11)9(2)3;3*1-3-4-2;/h8-9H,4-6H2,1-3H3;3*1,3-4H2,2H3;. The maximum atomic E-state index is 12.5. The fourth-order valence-corrected chi connectivity index (χ4v) is 20.6. The number of allylic oxidation sites excluding steroid dienone is 2. The van der Waals surface area contributed by atoms with Crippen LogP contribution in [0, 0.1) is 5.92 Å². The van der Waals surface area contributed by atoms with E-state index in [9.17, 15) is 4.79 Å². The molecule has 0 saturated carbocycles. The average Bonchev–Trinajstić information content (AvgIpc) is 2.58. The second-order valence-corrected chi connectivity index (χ2v) is 21.3. The van der Waals surface area contributed by atoms with Gasteiger partial charge in [0.25, 0.3) is 0 Å². The molecular formula is C22H44OSn. The summed E-state index contributed by atoms with van der Waals surface area (Å²) in [5, 5.41) is 0. The van der Waals surface area contributed by atoms with E-state index in [1.165, 1.54) is 71.1 Å². The molecule has 0 rings (SSSR count). The second-order valence-electron chi connectivity index (χ2n) is 7.92. The predicted octanol–water partition coefficient (Wildman–Crippen LogP) is 7.72. The molecule has 0 bridgehead atoms. The third-order valence-corrected chi connectivity index (χ3v) is 21.6. The van der Waals surface area contributed by atoms with E-state index < -0.39 is 18.4 Å². The second kappa shape index (κ2) is 14.4. The molecule has 2 heteroatoms. The van der Waals surface area contributed by atoms with Gasteiger partial charge in [-0.2, -0.15) is 0 Å². The summed E-state index contributed by atoms with van der Waals surface area (Å²) in [5.74, 6) is 0.529. The molecule has 0 aromatic carbocycles. The molecule has 0 unspecified atom stereocenters. The van der Waals surface area contributed by atoms with Gasteiger partial charge < -0.3 is 0 Å². The molecule has 0 radical (unpaired) electrons. The van der Waals surface area contributed by atoms with Gasteiger partial charge in [0.1, 0.15) is 0 Å². The summed E-state index contributed by atoms with van der Waals surface area (Å²) >= 11 is -2.40. The molecule has 1 nitrogen and oxygen atoms in total. The van der Waals surface area contributed by atoms with Gasteiger partial charge in [0.2, 0.25) is 0 Å². The summed E-state index contributed by atoms with van der Waals surface area (Å²) in [7, 11) is 0. The Morgan fingerprint density at radius 1 is 0.792 bits per heavy atom. The number of ketones is 1. The summed E-state index contributed by atoms with van der Waals surface area (Å²) < 4.78 is 6.13. The van der Waals surface area contributed by atoms with Crippen molar-refractivity contribution in [3.05, 3.63) is 9.67 Å². The molecule has 0 aliphatic rings. The quantitative estimate of drug-likeness (QED) is 0.187. The van der Waals surface area contributed by atoms with E-state index in [1.807, 2.05) is 0 Å². The van der Waals surface area contributed by atoms with E-state index in [2.05, 4.69) is 47.6 Å². The van der Waals surface area contributed by atoms with Gasteiger partial charge in [0.15, 0.2) is 0 Å². The van der Waals surface area contributed by atoms with Crippen LogP contribution in [0.4, 0.5) is 0 Å². The van der Waals surface area contributed by atoms with Crippen molar-refractivity contribution in [2.75, 3.05) is 0 Å². The molecular weight excluding hydrogens is 399 g/mol. The number of unbranched alkanes of at least 4 members (excludes halogenated alkanes) is 4. The number of carbonyl (C=O) groups is 1. The molecule has 0 spiro atoms. The van der Waals surface area contributed by atoms with E-state index in [1.54, 1.807) is 3.59 Å². The van der Waals surface area contributed by atoms with Crippen LogP contribution in [0.15, 0.2) is 9.67 Å². The zero-order valence-corrected chi connectivity index (χ0v) is 20.4. The van der Waals surface area contributed by atoms with Crippen LogP contribution in [0.5, 0.6) is 0 Å². The van der Waals surface area contributed by atoms with Crippen molar-refractivity contribution in [1.29, 1.82) is 0 Å². The minimum absolute atomic E-state index is 0.147. The van der Waals surface area contributed by atoms with Crippen molar-refractivity contribution in [3.8, 4) is 0 Å². The fourth-order valence-electron chi connectivity index (χ4n) is 3.60. The monoisotopic (exact) mass is 444 g/mol. The van der Waals surface area contributed by atoms with E-state index in [0.717, 1.165) is 0 Å². The number of rotatable bonds is 15. The summed E-state index contributed by atoms with van der Waals surface area (Å²) in [5.41, 5.74) is 0. The first kappa shape index (κ1) is 24.2. The molecule has 0 aliphatic carbocycles. The maximum absolute atomic E-state index is 12.5. The van der Waals surface area contributed by atoms with Crippen LogP contribution < -0.4 is 0 Å². The van der Waals surface area contributed by atoms with Crippen LogP contribution in [0.2, 0.25) is 13.3 Å². The Kier molecular flexibility index (Phi) is 14.5. The molecule has 0 N–H and O–H groups in total. The molecule has 0 aliphatic heterocycles. The minimum atomic E-state index is -2.40. The third kappa shape index (κ3) is 9.06. The van der Waals surface area contributed by atoms with E-state index in [4.69, 9.17) is 0 Å². The molecule has 0 amide bonds. The number of hydrogen-bond donors (Lipinski definition) is 0. The molecule has 0 fully saturated rings. The van der Waals surface area contributed by atoms with Crippen LogP contribution in [0.25, 0.3) is 0 Å². The van der Waals surface area contributed by atoms with Crippen LogP contribution in [-0.2, 0) is 4.79 Å². The van der Waals surface area contributed by atoms with Crippen molar-refractivity contribution in [2.45, 2.75) is 113 Å². The number of hydrogen-bond acceptors (Lipinski definition) is 1. The average molecular weight is 443 g/mol. The third-order valence-electron chi connectivity index (χ3n) is 5.39. The predicted molar refractivity (Wildman–Crippen MR) is 112 cm³/mol. The summed E-state index contributed by atoms with van der Waals surface area (Å²) in [6.45, 7) is 13.4. The first-order valence-electron chi connectivity index (χ1n) is 10.7. The Morgan fingerprint density at radius 3 is 1.54 bits per heavy atom. The van der Waals surface area contributed by atoms with Crippen molar-refractivity contribution in [2.24, 2.45) is 5.92 Å². The van der Waals surface area contributed by atoms with Gasteiger partial charge in [-0.1, -0.05) is 0 Å². The Hall–Kier alpha value is 0.209. The first-order chi connectivity index (χ1) is 11.5. The van der Waals surface area contributed by atoms with Crippen LogP contribution >= 0.6 is 0 Å². The Balaban J connectivity index is 5.72. The van der Waals surface area contributed by atoms with Crippen molar-refractivity contribution in [3.63, 3.8) is 0 Å². The van der Waals surface area contributed by atoms with Crippen LogP contribution in [0.3, 0.4) is 0 Å². The summed E-state index contributed by atoms with van der Waals surface area (Å²) in [6, 6.07) is 0. The molecule has 142 valence electrons. The molecule has 0 aromatic rings. The Morgan fingerprint density at radius 2 is 1.21 bits per heavy atom. The zero-order chi connectivity index (χ0) is 18.4. The van der Waals surface area contributed by atoms with Gasteiger partial charge in [-0.05, 0) is 0 Å². The van der Waals surface area contributed by atoms with Gasteiger partial charge in [0.05, 0.1) is 0 Å². The van der Waals surface area contributed by atoms with Crippen LogP contribution in [0.1, 0.15) is 99.3 Å². The zero-order valence-electron chi connectivity index (χ0n) is 17.5. The van der Waals surface area contributed by atoms with Gasteiger partial charge in [0, 0.05) is 0 Å². The molecule has 0 heterocycles. The Bertz CT molecular complexity index is 335. The van der Waals surface area contributed by atoms with Gasteiger partial charge in [-0.25, -0.2) is 0 Å². The van der Waals surface area contributed by atoms with Crippen molar-refractivity contribution >= 4 is 24.2 Å². The molecule has 0 saturated heterocycles. The van der Waals surface area contributed by atoms with Gasteiger partial charge in [-0.15, -0.1) is 0 Å². The van der Waals surface area contributed by atoms with Gasteiger partial charge >= 0.3 is 157 Å². The normalized spacial score (nSPS) is 12.9. The SMILES string of the molecule is CCCC/[C](=C/C(=O)C(C)C)[Sn]([CH2]CCC)([CH2]CCC)[CH2]CCC. The van der Waals surface area contributed by atoms with Crippen molar-refractivity contribution in [1.82, 2.24) is 0 Å². The van der Waals surface area contributed by atoms with Gasteiger partial charge in [-0.3, -0.25) is 0 Å². The van der Waals surface area contributed by atoms with Crippen molar-refractivity contribution < 1.29 is 4.79 Å². The van der Waals surface area contributed by atoms with E-state index in [-0.39, 0.29) is 5.92 Å². The number of carbonyl (C=O) groups excluding carboxylic acids is 1. The van der Waals surface area contributed by atoms with Crippen LogP contribution in [-0.4, -0.2) is 24.2 Å². The van der Waals surface area contributed by atoms with E-state index in [0.29, 0.717) is 5.78 Å². The summed E-state index contributed by atoms with van der Waals surface area (Å²) in [6.07, 6.45) is 13.9. The fraction of sp³-hybridized carbons (Fsp3) is 0.864. The molecule has 24 heavy (non-hydrogen) atoms. The molecule has 0 atom stereocenters. The summed E-state index contributed by atoms with van der Waals surface area (Å²) in [4.78, 5) is 12.5.